The second-order valence-electron chi connectivity index (χ2n) is 9.94. The summed E-state index contributed by atoms with van der Waals surface area (Å²) in [5.74, 6) is 1.41. The summed E-state index contributed by atoms with van der Waals surface area (Å²) in [5, 5.41) is 24.5. The number of ether oxygens (including phenoxy) is 1. The number of fused-ring (bicyclic) bond motifs is 2. The average Bonchev–Trinajstić information content (AvgIpc) is 3.07. The van der Waals surface area contributed by atoms with E-state index in [1.54, 1.807) is 6.20 Å². The van der Waals surface area contributed by atoms with Crippen molar-refractivity contribution in [3.8, 4) is 11.6 Å². The Morgan fingerprint density at radius 3 is 2.68 bits per heavy atom. The van der Waals surface area contributed by atoms with Gasteiger partial charge in [-0.15, -0.1) is 0 Å². The van der Waals surface area contributed by atoms with Gasteiger partial charge in [-0.05, 0) is 73.2 Å². The van der Waals surface area contributed by atoms with E-state index in [0.717, 1.165) is 60.5 Å². The maximum Gasteiger partial charge on any atom is 0.226 e. The van der Waals surface area contributed by atoms with E-state index in [2.05, 4.69) is 33.2 Å². The molecular formula is C30H32ClN3O3. The van der Waals surface area contributed by atoms with Gasteiger partial charge in [-0.3, -0.25) is 0 Å². The summed E-state index contributed by atoms with van der Waals surface area (Å²) >= 11 is 6.03. The Balaban J connectivity index is 1.30. The number of aliphatic hydroxyl groups is 1. The molecule has 37 heavy (non-hydrogen) atoms. The monoisotopic (exact) mass is 517 g/mol. The van der Waals surface area contributed by atoms with Crippen LogP contribution in [-0.4, -0.2) is 45.5 Å². The van der Waals surface area contributed by atoms with E-state index in [-0.39, 0.29) is 0 Å². The van der Waals surface area contributed by atoms with E-state index in [0.29, 0.717) is 35.9 Å². The fraction of sp³-hybridized carbons (Fsp3) is 0.333. The number of nitrogens with zero attached hydrogens (tertiary/aromatic N) is 3. The van der Waals surface area contributed by atoms with Crippen molar-refractivity contribution in [1.82, 2.24) is 9.88 Å². The van der Waals surface area contributed by atoms with Crippen LogP contribution in [0.15, 0.2) is 72.0 Å². The van der Waals surface area contributed by atoms with Crippen molar-refractivity contribution in [3.63, 3.8) is 0 Å². The number of allylic oxidation sites excluding steroid dienone is 1. The van der Waals surface area contributed by atoms with Gasteiger partial charge in [-0.1, -0.05) is 47.1 Å². The summed E-state index contributed by atoms with van der Waals surface area (Å²) in [6.45, 7) is 4.42. The molecule has 0 bridgehead atoms. The Kier molecular flexibility index (Phi) is 7.60. The number of halogens is 1. The van der Waals surface area contributed by atoms with Gasteiger partial charge < -0.3 is 20.0 Å². The third kappa shape index (κ3) is 5.72. The molecule has 192 valence electrons. The first-order valence-corrected chi connectivity index (χ1v) is 13.1. The zero-order valence-electron chi connectivity index (χ0n) is 21.0. The van der Waals surface area contributed by atoms with Crippen LogP contribution in [0, 0.1) is 0 Å². The lowest BCUT2D eigenvalue weighted by atomic mass is 9.84. The minimum Gasteiger partial charge on any atom is -0.438 e. The van der Waals surface area contributed by atoms with Crippen molar-refractivity contribution in [2.75, 3.05) is 19.6 Å². The molecule has 5 rings (SSSR count). The van der Waals surface area contributed by atoms with Crippen LogP contribution >= 0.6 is 11.6 Å². The molecule has 6 nitrogen and oxygen atoms in total. The number of likely N-dealkylation sites (tertiary alicyclic amines) is 1. The van der Waals surface area contributed by atoms with Gasteiger partial charge in [0.15, 0.2) is 0 Å². The number of aromatic nitrogens is 1. The Bertz CT molecular complexity index is 1310. The quantitative estimate of drug-likeness (QED) is 0.230. The highest BCUT2D eigenvalue weighted by molar-refractivity contribution is 6.30. The Morgan fingerprint density at radius 1 is 1.14 bits per heavy atom. The molecule has 0 atom stereocenters. The van der Waals surface area contributed by atoms with E-state index in [4.69, 9.17) is 16.3 Å². The van der Waals surface area contributed by atoms with Crippen molar-refractivity contribution in [1.29, 1.82) is 0 Å². The second kappa shape index (κ2) is 11.1. The summed E-state index contributed by atoms with van der Waals surface area (Å²) in [6, 6.07) is 17.6. The highest BCUT2D eigenvalue weighted by Gasteiger charge is 2.33. The number of rotatable bonds is 6. The molecule has 1 saturated heterocycles. The molecule has 0 spiro atoms. The highest BCUT2D eigenvalue weighted by Crippen LogP contribution is 2.39. The van der Waals surface area contributed by atoms with Crippen LogP contribution in [0.2, 0.25) is 5.02 Å². The number of oxime groups is 1. The van der Waals surface area contributed by atoms with Gasteiger partial charge in [0, 0.05) is 54.8 Å². The normalized spacial score (nSPS) is 18.6. The molecular weight excluding hydrogens is 486 g/mol. The minimum atomic E-state index is -0.793. The first-order chi connectivity index (χ1) is 17.9. The summed E-state index contributed by atoms with van der Waals surface area (Å²) in [6.07, 6.45) is 7.62. The van der Waals surface area contributed by atoms with Gasteiger partial charge in [0.25, 0.3) is 0 Å². The number of hydrogen-bond acceptors (Lipinski definition) is 6. The van der Waals surface area contributed by atoms with E-state index in [9.17, 15) is 10.3 Å². The molecule has 3 aromatic rings. The molecule has 3 heterocycles. The summed E-state index contributed by atoms with van der Waals surface area (Å²) in [4.78, 5) is 6.93. The number of benzene rings is 2. The van der Waals surface area contributed by atoms with Crippen LogP contribution in [0.3, 0.4) is 0 Å². The Hall–Kier alpha value is -3.19. The first-order valence-electron chi connectivity index (χ1n) is 12.8. The molecule has 7 heteroatoms. The standard InChI is InChI=1S/C30H32ClN3O3/c1-21(33-36)19-22-5-2-8-28-27(22)20-23(26-7-3-15-32-29(26)37-28)6-4-16-34-17-13-30(35,14-18-34)24-9-11-25(31)12-10-24/h2-3,5-12,15,35-36H,4,13-14,16-20H2,1H3. The van der Waals surface area contributed by atoms with Crippen LogP contribution in [0.4, 0.5) is 0 Å². The molecule has 1 aromatic heterocycles. The molecule has 2 aromatic carbocycles. The molecule has 2 aliphatic heterocycles. The van der Waals surface area contributed by atoms with Crippen molar-refractivity contribution in [2.24, 2.45) is 5.16 Å². The van der Waals surface area contributed by atoms with Gasteiger partial charge in [-0.25, -0.2) is 4.98 Å². The zero-order valence-corrected chi connectivity index (χ0v) is 21.8. The van der Waals surface area contributed by atoms with Gasteiger partial charge in [0.1, 0.15) is 5.75 Å². The zero-order chi connectivity index (χ0) is 25.8. The van der Waals surface area contributed by atoms with Gasteiger partial charge >= 0.3 is 0 Å². The fourth-order valence-electron chi connectivity index (χ4n) is 5.29. The lowest BCUT2D eigenvalue weighted by Crippen LogP contribution is -2.42. The lowest BCUT2D eigenvalue weighted by Gasteiger charge is -2.38. The topological polar surface area (TPSA) is 78.2 Å². The number of hydrogen-bond donors (Lipinski definition) is 2. The van der Waals surface area contributed by atoms with Crippen LogP contribution in [-0.2, 0) is 18.4 Å². The summed E-state index contributed by atoms with van der Waals surface area (Å²) in [5.41, 5.74) is 5.18. The van der Waals surface area contributed by atoms with E-state index in [1.165, 1.54) is 5.57 Å². The Labute approximate surface area is 222 Å². The third-order valence-corrected chi connectivity index (χ3v) is 7.69. The molecule has 0 aliphatic carbocycles. The van der Waals surface area contributed by atoms with Crippen LogP contribution in [0.1, 0.15) is 48.4 Å². The third-order valence-electron chi connectivity index (χ3n) is 7.44. The average molecular weight is 518 g/mol. The van der Waals surface area contributed by atoms with Crippen LogP contribution in [0.5, 0.6) is 11.6 Å². The molecule has 0 unspecified atom stereocenters. The van der Waals surface area contributed by atoms with Crippen LogP contribution < -0.4 is 4.74 Å². The minimum absolute atomic E-state index is 0.560. The maximum absolute atomic E-state index is 11.2. The van der Waals surface area contributed by atoms with E-state index in [1.807, 2.05) is 49.4 Å². The molecule has 0 saturated carbocycles. The second-order valence-corrected chi connectivity index (χ2v) is 10.4. The largest absolute Gasteiger partial charge is 0.438 e. The van der Waals surface area contributed by atoms with E-state index >= 15 is 0 Å². The van der Waals surface area contributed by atoms with Gasteiger partial charge in [-0.2, -0.15) is 0 Å². The Morgan fingerprint density at radius 2 is 1.92 bits per heavy atom. The smallest absolute Gasteiger partial charge is 0.226 e. The van der Waals surface area contributed by atoms with Gasteiger partial charge in [0.05, 0.1) is 11.3 Å². The van der Waals surface area contributed by atoms with Crippen molar-refractivity contribution < 1.29 is 15.1 Å². The molecule has 2 N–H and O–H groups in total. The number of pyridine rings is 1. The summed E-state index contributed by atoms with van der Waals surface area (Å²) in [7, 11) is 0. The predicted octanol–water partition coefficient (Wildman–Crippen LogP) is 6.23. The van der Waals surface area contributed by atoms with E-state index < -0.39 is 5.60 Å². The van der Waals surface area contributed by atoms with Crippen LogP contribution in [0.25, 0.3) is 5.57 Å². The van der Waals surface area contributed by atoms with Crippen molar-refractivity contribution >= 4 is 22.9 Å². The fourth-order valence-corrected chi connectivity index (χ4v) is 5.42. The highest BCUT2D eigenvalue weighted by atomic mass is 35.5. The molecule has 0 amide bonds. The molecule has 1 fully saturated rings. The lowest BCUT2D eigenvalue weighted by molar-refractivity contribution is -0.0254. The molecule has 2 aliphatic rings. The summed E-state index contributed by atoms with van der Waals surface area (Å²) < 4.78 is 6.26. The molecule has 0 radical (unpaired) electrons. The van der Waals surface area contributed by atoms with Crippen molar-refractivity contribution in [2.45, 2.75) is 44.6 Å². The van der Waals surface area contributed by atoms with Crippen molar-refractivity contribution in [3.05, 3.63) is 94.1 Å². The maximum atomic E-state index is 11.2. The first kappa shape index (κ1) is 25.5. The van der Waals surface area contributed by atoms with Gasteiger partial charge in [0.2, 0.25) is 5.88 Å². The SMILES string of the molecule is CC(Cc1cccc2c1CC(=CCCN1CCC(O)(c3ccc(Cl)cc3)CC1)c1cccnc1O2)=NO. The predicted molar refractivity (Wildman–Crippen MR) is 147 cm³/mol. The number of piperidine rings is 1.